The SMILES string of the molecule is Cc1nc(S[C@H](C)C(=O)NCc2ccco2)c2c3c(sc2n1)CCC3. The van der Waals surface area contributed by atoms with Gasteiger partial charge in [-0.3, -0.25) is 4.79 Å². The summed E-state index contributed by atoms with van der Waals surface area (Å²) in [6, 6.07) is 3.67. The van der Waals surface area contributed by atoms with E-state index in [1.54, 1.807) is 17.6 Å². The summed E-state index contributed by atoms with van der Waals surface area (Å²) in [7, 11) is 0. The summed E-state index contributed by atoms with van der Waals surface area (Å²) in [5, 5.41) is 4.79. The van der Waals surface area contributed by atoms with E-state index in [9.17, 15) is 4.79 Å². The van der Waals surface area contributed by atoms with E-state index < -0.39 is 0 Å². The molecule has 7 heteroatoms. The second kappa shape index (κ2) is 6.80. The molecule has 3 aromatic rings. The van der Waals surface area contributed by atoms with Crippen LogP contribution in [0.1, 0.15) is 35.4 Å². The molecule has 130 valence electrons. The lowest BCUT2D eigenvalue weighted by Crippen LogP contribution is -2.30. The summed E-state index contributed by atoms with van der Waals surface area (Å²) in [5.41, 5.74) is 1.39. The summed E-state index contributed by atoms with van der Waals surface area (Å²) in [4.78, 5) is 24.2. The first-order valence-electron chi connectivity index (χ1n) is 8.37. The highest BCUT2D eigenvalue weighted by Gasteiger charge is 2.24. The monoisotopic (exact) mass is 373 g/mol. The topological polar surface area (TPSA) is 68.0 Å². The fourth-order valence-corrected chi connectivity index (χ4v) is 5.52. The van der Waals surface area contributed by atoms with Gasteiger partial charge in [0.05, 0.1) is 18.1 Å². The molecule has 0 unspecified atom stereocenters. The molecular formula is C18H19N3O2S2. The smallest absolute Gasteiger partial charge is 0.233 e. The Morgan fingerprint density at radius 3 is 3.12 bits per heavy atom. The van der Waals surface area contributed by atoms with Gasteiger partial charge in [-0.25, -0.2) is 9.97 Å². The average Bonchev–Trinajstić information content (AvgIpc) is 3.28. The number of aromatic nitrogens is 2. The number of thioether (sulfide) groups is 1. The number of nitrogens with zero attached hydrogens (tertiary/aromatic N) is 2. The summed E-state index contributed by atoms with van der Waals surface area (Å²) < 4.78 is 5.25. The molecule has 0 saturated carbocycles. The van der Waals surface area contributed by atoms with Gasteiger partial charge in [0.15, 0.2) is 0 Å². The van der Waals surface area contributed by atoms with Crippen molar-refractivity contribution in [2.24, 2.45) is 0 Å². The summed E-state index contributed by atoms with van der Waals surface area (Å²) in [6.45, 7) is 4.23. The third kappa shape index (κ3) is 3.30. The van der Waals surface area contributed by atoms with Gasteiger partial charge in [0.2, 0.25) is 5.91 Å². The Kier molecular flexibility index (Phi) is 4.52. The van der Waals surface area contributed by atoms with Crippen molar-refractivity contribution in [2.45, 2.75) is 49.9 Å². The van der Waals surface area contributed by atoms with E-state index in [1.165, 1.54) is 34.0 Å². The summed E-state index contributed by atoms with van der Waals surface area (Å²) in [5.74, 6) is 1.50. The van der Waals surface area contributed by atoms with Crippen molar-refractivity contribution < 1.29 is 9.21 Å². The maximum Gasteiger partial charge on any atom is 0.233 e. The molecule has 3 aromatic heterocycles. The van der Waals surface area contributed by atoms with E-state index in [0.717, 1.165) is 34.3 Å². The second-order valence-electron chi connectivity index (χ2n) is 6.17. The van der Waals surface area contributed by atoms with Gasteiger partial charge in [-0.1, -0.05) is 11.8 Å². The Labute approximate surface area is 154 Å². The zero-order chi connectivity index (χ0) is 17.4. The number of rotatable bonds is 5. The molecule has 1 N–H and O–H groups in total. The largest absolute Gasteiger partial charge is 0.467 e. The zero-order valence-electron chi connectivity index (χ0n) is 14.2. The van der Waals surface area contributed by atoms with Crippen LogP contribution in [0.2, 0.25) is 0 Å². The van der Waals surface area contributed by atoms with E-state index in [0.29, 0.717) is 6.54 Å². The molecule has 0 fully saturated rings. The predicted octanol–water partition coefficient (Wildman–Crippen LogP) is 3.88. The van der Waals surface area contributed by atoms with E-state index in [-0.39, 0.29) is 11.2 Å². The first-order chi connectivity index (χ1) is 12.1. The number of amides is 1. The van der Waals surface area contributed by atoms with Crippen molar-refractivity contribution in [1.82, 2.24) is 15.3 Å². The molecule has 0 aromatic carbocycles. The molecule has 4 rings (SSSR count). The van der Waals surface area contributed by atoms with Gasteiger partial charge in [0.25, 0.3) is 0 Å². The Balaban J connectivity index is 1.54. The maximum atomic E-state index is 12.4. The van der Waals surface area contributed by atoms with Crippen molar-refractivity contribution in [2.75, 3.05) is 0 Å². The van der Waals surface area contributed by atoms with Crippen molar-refractivity contribution in [3.05, 3.63) is 40.4 Å². The lowest BCUT2D eigenvalue weighted by Gasteiger charge is -2.12. The number of thiophene rings is 1. The van der Waals surface area contributed by atoms with Crippen LogP contribution in [0.15, 0.2) is 27.8 Å². The molecular weight excluding hydrogens is 354 g/mol. The van der Waals surface area contributed by atoms with E-state index >= 15 is 0 Å². The highest BCUT2D eigenvalue weighted by molar-refractivity contribution is 8.00. The Morgan fingerprint density at radius 1 is 1.44 bits per heavy atom. The van der Waals surface area contributed by atoms with Crippen LogP contribution in [0, 0.1) is 6.92 Å². The van der Waals surface area contributed by atoms with Crippen molar-refractivity contribution in [3.63, 3.8) is 0 Å². The average molecular weight is 374 g/mol. The molecule has 0 spiro atoms. The molecule has 0 aliphatic heterocycles. The van der Waals surface area contributed by atoms with E-state index in [4.69, 9.17) is 4.42 Å². The third-order valence-electron chi connectivity index (χ3n) is 4.32. The number of fused-ring (bicyclic) bond motifs is 3. The molecule has 1 atom stereocenters. The van der Waals surface area contributed by atoms with Crippen LogP contribution in [0.3, 0.4) is 0 Å². The highest BCUT2D eigenvalue weighted by Crippen LogP contribution is 2.41. The second-order valence-corrected chi connectivity index (χ2v) is 8.58. The molecule has 0 saturated heterocycles. The van der Waals surface area contributed by atoms with Crippen LogP contribution in [-0.4, -0.2) is 21.1 Å². The molecule has 3 heterocycles. The van der Waals surface area contributed by atoms with Gasteiger partial charge in [-0.2, -0.15) is 0 Å². The van der Waals surface area contributed by atoms with Crippen molar-refractivity contribution >= 4 is 39.2 Å². The van der Waals surface area contributed by atoms with Gasteiger partial charge in [-0.05, 0) is 50.8 Å². The van der Waals surface area contributed by atoms with Crippen LogP contribution in [-0.2, 0) is 24.2 Å². The Hall–Kier alpha value is -1.86. The highest BCUT2D eigenvalue weighted by atomic mass is 32.2. The van der Waals surface area contributed by atoms with Gasteiger partial charge in [0, 0.05) is 10.3 Å². The normalized spacial score (nSPS) is 14.6. The third-order valence-corrected chi connectivity index (χ3v) is 6.59. The summed E-state index contributed by atoms with van der Waals surface area (Å²) in [6.07, 6.45) is 5.04. The first kappa shape index (κ1) is 16.6. The van der Waals surface area contributed by atoms with E-state index in [2.05, 4.69) is 15.3 Å². The van der Waals surface area contributed by atoms with Crippen LogP contribution in [0.4, 0.5) is 0 Å². The van der Waals surface area contributed by atoms with Crippen LogP contribution in [0.5, 0.6) is 0 Å². The lowest BCUT2D eigenvalue weighted by molar-refractivity contribution is -0.120. The Morgan fingerprint density at radius 2 is 2.32 bits per heavy atom. The standard InChI is InChI=1S/C18H19N3O2S2/c1-10(16(22)19-9-12-5-4-8-23-12)24-17-15-13-6-3-7-14(13)25-18(15)21-11(2)20-17/h4-5,8,10H,3,6-7,9H2,1-2H3,(H,19,22)/t10-/m1/s1. The fourth-order valence-electron chi connectivity index (χ4n) is 3.10. The predicted molar refractivity (Wildman–Crippen MR) is 100 cm³/mol. The van der Waals surface area contributed by atoms with Gasteiger partial charge in [0.1, 0.15) is 21.4 Å². The molecule has 1 amide bonds. The van der Waals surface area contributed by atoms with Crippen LogP contribution < -0.4 is 5.32 Å². The minimum Gasteiger partial charge on any atom is -0.467 e. The fraction of sp³-hybridized carbons (Fsp3) is 0.389. The number of furan rings is 1. The van der Waals surface area contributed by atoms with E-state index in [1.807, 2.05) is 26.0 Å². The van der Waals surface area contributed by atoms with Crippen LogP contribution >= 0.6 is 23.1 Å². The van der Waals surface area contributed by atoms with Gasteiger partial charge in [-0.15, -0.1) is 11.3 Å². The number of nitrogens with one attached hydrogen (secondary N) is 1. The number of carbonyl (C=O) groups excluding carboxylic acids is 1. The maximum absolute atomic E-state index is 12.4. The quantitative estimate of drug-likeness (QED) is 0.543. The molecule has 25 heavy (non-hydrogen) atoms. The van der Waals surface area contributed by atoms with Crippen LogP contribution in [0.25, 0.3) is 10.2 Å². The zero-order valence-corrected chi connectivity index (χ0v) is 15.8. The number of hydrogen-bond acceptors (Lipinski definition) is 6. The molecule has 1 aliphatic rings. The first-order valence-corrected chi connectivity index (χ1v) is 10.1. The molecule has 0 radical (unpaired) electrons. The lowest BCUT2D eigenvalue weighted by atomic mass is 10.2. The minimum absolute atomic E-state index is 0.0160. The van der Waals surface area contributed by atoms with Gasteiger partial charge >= 0.3 is 0 Å². The minimum atomic E-state index is -0.232. The number of hydrogen-bond donors (Lipinski definition) is 1. The number of aryl methyl sites for hydroxylation is 3. The molecule has 1 aliphatic carbocycles. The van der Waals surface area contributed by atoms with Crippen molar-refractivity contribution in [1.29, 1.82) is 0 Å². The number of carbonyl (C=O) groups is 1. The molecule has 0 bridgehead atoms. The molecule has 5 nitrogen and oxygen atoms in total. The summed E-state index contributed by atoms with van der Waals surface area (Å²) >= 11 is 3.30. The van der Waals surface area contributed by atoms with Gasteiger partial charge < -0.3 is 9.73 Å². The Bertz CT molecular complexity index is 918. The van der Waals surface area contributed by atoms with Crippen molar-refractivity contribution in [3.8, 4) is 0 Å².